The zero-order chi connectivity index (χ0) is 17.3. The first-order chi connectivity index (χ1) is 11.4. The average molecular weight is 338 g/mol. The molecule has 126 valence electrons. The van der Waals surface area contributed by atoms with Crippen molar-refractivity contribution in [1.82, 2.24) is 19.9 Å². The van der Waals surface area contributed by atoms with Gasteiger partial charge in [0.25, 0.3) is 5.91 Å². The summed E-state index contributed by atoms with van der Waals surface area (Å²) in [6, 6.07) is 2.44. The largest absolute Gasteiger partial charge is 0.481 e. The standard InChI is InChI=1S/C15H13F3N4O2/c1-24-13-10-7-22(6-4-11(10)20-8-21-13)14(23)9-3-2-5-19-12(9)15(16,17)18/h2-3,5,8H,4,6-7H2,1H3. The van der Waals surface area contributed by atoms with Gasteiger partial charge in [-0.3, -0.25) is 9.78 Å². The molecule has 0 spiro atoms. The molecular formula is C15H13F3N4O2. The van der Waals surface area contributed by atoms with Gasteiger partial charge < -0.3 is 9.64 Å². The number of aromatic nitrogens is 3. The molecule has 0 aromatic carbocycles. The maximum atomic E-state index is 13.1. The highest BCUT2D eigenvalue weighted by molar-refractivity contribution is 5.95. The normalized spacial score (nSPS) is 14.2. The predicted octanol–water partition coefficient (Wildman–Crippen LogP) is 2.10. The number of hydrogen-bond acceptors (Lipinski definition) is 5. The smallest absolute Gasteiger partial charge is 0.434 e. The van der Waals surface area contributed by atoms with Gasteiger partial charge in [0.15, 0.2) is 5.69 Å². The van der Waals surface area contributed by atoms with Crippen LogP contribution in [0.1, 0.15) is 27.3 Å². The van der Waals surface area contributed by atoms with Gasteiger partial charge in [-0.25, -0.2) is 9.97 Å². The molecule has 1 aliphatic heterocycles. The van der Waals surface area contributed by atoms with Crippen molar-refractivity contribution in [3.05, 3.63) is 47.2 Å². The highest BCUT2D eigenvalue weighted by atomic mass is 19.4. The number of nitrogens with zero attached hydrogens (tertiary/aromatic N) is 4. The molecule has 3 heterocycles. The van der Waals surface area contributed by atoms with Crippen LogP contribution in [0, 0.1) is 0 Å². The van der Waals surface area contributed by atoms with E-state index in [1.165, 1.54) is 24.4 Å². The lowest BCUT2D eigenvalue weighted by Crippen LogP contribution is -2.37. The SMILES string of the molecule is COc1ncnc2c1CN(C(=O)c1cccnc1C(F)(F)F)CC2. The number of carbonyl (C=O) groups excluding carboxylic acids is 1. The molecule has 9 heteroatoms. The molecule has 0 saturated heterocycles. The summed E-state index contributed by atoms with van der Waals surface area (Å²) in [5, 5.41) is 0. The second-order valence-corrected chi connectivity index (χ2v) is 5.18. The molecule has 0 N–H and O–H groups in total. The number of alkyl halides is 3. The van der Waals surface area contributed by atoms with Gasteiger partial charge in [0.05, 0.1) is 30.5 Å². The van der Waals surface area contributed by atoms with Crippen molar-refractivity contribution in [1.29, 1.82) is 0 Å². The first-order valence-electron chi connectivity index (χ1n) is 7.10. The summed E-state index contributed by atoms with van der Waals surface area (Å²) < 4.78 is 44.3. The summed E-state index contributed by atoms with van der Waals surface area (Å²) in [7, 11) is 1.44. The van der Waals surface area contributed by atoms with Crippen molar-refractivity contribution in [3.63, 3.8) is 0 Å². The third-order valence-electron chi connectivity index (χ3n) is 3.75. The van der Waals surface area contributed by atoms with Crippen LogP contribution in [0.15, 0.2) is 24.7 Å². The number of pyridine rings is 1. The lowest BCUT2D eigenvalue weighted by atomic mass is 10.0. The van der Waals surface area contributed by atoms with Crippen LogP contribution in [0.2, 0.25) is 0 Å². The molecule has 0 aliphatic carbocycles. The number of ether oxygens (including phenoxy) is 1. The zero-order valence-corrected chi connectivity index (χ0v) is 12.7. The molecule has 2 aromatic heterocycles. The topological polar surface area (TPSA) is 68.2 Å². The fourth-order valence-electron chi connectivity index (χ4n) is 2.64. The molecule has 6 nitrogen and oxygen atoms in total. The summed E-state index contributed by atoms with van der Waals surface area (Å²) in [4.78, 5) is 25.3. The maximum absolute atomic E-state index is 13.1. The van der Waals surface area contributed by atoms with E-state index in [1.807, 2.05) is 0 Å². The molecule has 3 rings (SSSR count). The van der Waals surface area contributed by atoms with E-state index in [4.69, 9.17) is 4.74 Å². The Hall–Kier alpha value is -2.71. The molecular weight excluding hydrogens is 325 g/mol. The van der Waals surface area contributed by atoms with Crippen molar-refractivity contribution >= 4 is 5.91 Å². The minimum atomic E-state index is -4.69. The molecule has 0 fully saturated rings. The van der Waals surface area contributed by atoms with Crippen molar-refractivity contribution in [2.75, 3.05) is 13.7 Å². The fraction of sp³-hybridized carbons (Fsp3) is 0.333. The third-order valence-corrected chi connectivity index (χ3v) is 3.75. The van der Waals surface area contributed by atoms with Crippen molar-refractivity contribution in [3.8, 4) is 5.88 Å². The molecule has 0 saturated carbocycles. The van der Waals surface area contributed by atoms with Crippen LogP contribution in [-0.2, 0) is 19.1 Å². The average Bonchev–Trinajstić information content (AvgIpc) is 2.59. The van der Waals surface area contributed by atoms with E-state index in [-0.39, 0.29) is 13.1 Å². The highest BCUT2D eigenvalue weighted by Gasteiger charge is 2.38. The molecule has 1 aliphatic rings. The van der Waals surface area contributed by atoms with Crippen molar-refractivity contribution < 1.29 is 22.7 Å². The minimum Gasteiger partial charge on any atom is -0.481 e. The second kappa shape index (κ2) is 6.06. The Kier molecular flexibility index (Phi) is 4.08. The number of methoxy groups -OCH3 is 1. The lowest BCUT2D eigenvalue weighted by molar-refractivity contribution is -0.141. The highest BCUT2D eigenvalue weighted by Crippen LogP contribution is 2.32. The van der Waals surface area contributed by atoms with Crippen LogP contribution in [0.4, 0.5) is 13.2 Å². The van der Waals surface area contributed by atoms with Gasteiger partial charge in [-0.15, -0.1) is 0 Å². The molecule has 0 unspecified atom stereocenters. The first kappa shape index (κ1) is 16.2. The van der Waals surface area contributed by atoms with E-state index < -0.39 is 23.3 Å². The van der Waals surface area contributed by atoms with Crippen LogP contribution < -0.4 is 4.74 Å². The van der Waals surface area contributed by atoms with Crippen LogP contribution in [0.25, 0.3) is 0 Å². The van der Waals surface area contributed by atoms with Gasteiger partial charge in [0, 0.05) is 19.2 Å². The Morgan fingerprint density at radius 1 is 1.29 bits per heavy atom. The van der Waals surface area contributed by atoms with E-state index in [2.05, 4.69) is 15.0 Å². The van der Waals surface area contributed by atoms with Gasteiger partial charge in [-0.05, 0) is 12.1 Å². The van der Waals surface area contributed by atoms with E-state index in [9.17, 15) is 18.0 Å². The molecule has 0 radical (unpaired) electrons. The Bertz CT molecular complexity index is 765. The van der Waals surface area contributed by atoms with Crippen LogP contribution in [0.3, 0.4) is 0 Å². The monoisotopic (exact) mass is 338 g/mol. The molecule has 0 bridgehead atoms. The van der Waals surface area contributed by atoms with Gasteiger partial charge in [-0.2, -0.15) is 13.2 Å². The molecule has 1 amide bonds. The molecule has 2 aromatic rings. The summed E-state index contributed by atoms with van der Waals surface area (Å²) >= 11 is 0. The number of carbonyl (C=O) groups is 1. The van der Waals surface area contributed by atoms with Crippen molar-refractivity contribution in [2.45, 2.75) is 19.1 Å². The van der Waals surface area contributed by atoms with Gasteiger partial charge in [0.1, 0.15) is 6.33 Å². The maximum Gasteiger partial charge on any atom is 0.434 e. The van der Waals surface area contributed by atoms with Crippen molar-refractivity contribution in [2.24, 2.45) is 0 Å². The first-order valence-corrected chi connectivity index (χ1v) is 7.10. The number of amides is 1. The Morgan fingerprint density at radius 3 is 2.79 bits per heavy atom. The second-order valence-electron chi connectivity index (χ2n) is 5.18. The Morgan fingerprint density at radius 2 is 2.08 bits per heavy atom. The Balaban J connectivity index is 1.93. The van der Waals surface area contributed by atoms with Gasteiger partial charge in [-0.1, -0.05) is 0 Å². The minimum absolute atomic E-state index is 0.0877. The van der Waals surface area contributed by atoms with E-state index in [1.54, 1.807) is 0 Å². The Labute approximate surface area is 135 Å². The number of halogens is 3. The zero-order valence-electron chi connectivity index (χ0n) is 12.7. The number of rotatable bonds is 2. The molecule has 24 heavy (non-hydrogen) atoms. The fourth-order valence-corrected chi connectivity index (χ4v) is 2.64. The number of fused-ring (bicyclic) bond motifs is 1. The summed E-state index contributed by atoms with van der Waals surface area (Å²) in [6.45, 7) is 0.350. The lowest BCUT2D eigenvalue weighted by Gasteiger charge is -2.29. The predicted molar refractivity (Wildman–Crippen MR) is 76.3 cm³/mol. The van der Waals surface area contributed by atoms with Gasteiger partial charge in [0.2, 0.25) is 5.88 Å². The van der Waals surface area contributed by atoms with E-state index in [0.717, 1.165) is 18.0 Å². The van der Waals surface area contributed by atoms with Crippen LogP contribution in [0.5, 0.6) is 5.88 Å². The summed E-state index contributed by atoms with van der Waals surface area (Å²) in [6.07, 6.45) is -1.90. The number of hydrogen-bond donors (Lipinski definition) is 0. The summed E-state index contributed by atoms with van der Waals surface area (Å²) in [5.41, 5.74) is -0.313. The molecule has 0 atom stereocenters. The van der Waals surface area contributed by atoms with Crippen LogP contribution in [-0.4, -0.2) is 39.4 Å². The van der Waals surface area contributed by atoms with E-state index >= 15 is 0 Å². The summed E-state index contributed by atoms with van der Waals surface area (Å²) in [5.74, 6) is -0.410. The quantitative estimate of drug-likeness (QED) is 0.839. The van der Waals surface area contributed by atoms with E-state index in [0.29, 0.717) is 17.9 Å². The van der Waals surface area contributed by atoms with Gasteiger partial charge >= 0.3 is 6.18 Å². The van der Waals surface area contributed by atoms with Crippen LogP contribution >= 0.6 is 0 Å². The third kappa shape index (κ3) is 2.89.